The molecule has 108 valence electrons. The molecule has 0 aliphatic carbocycles. The highest BCUT2D eigenvalue weighted by Crippen LogP contribution is 2.35. The average Bonchev–Trinajstić information content (AvgIpc) is 2.50. The van der Waals surface area contributed by atoms with Gasteiger partial charge < -0.3 is 10.6 Å². The second kappa shape index (κ2) is 5.30. The van der Waals surface area contributed by atoms with Crippen molar-refractivity contribution in [3.05, 3.63) is 71.0 Å². The Morgan fingerprint density at radius 3 is 2.33 bits per heavy atom. The number of likely N-dealkylation sites (tertiary alicyclic amines) is 1. The number of hydrogen-bond acceptors (Lipinski definition) is 2. The zero-order valence-electron chi connectivity index (χ0n) is 11.8. The van der Waals surface area contributed by atoms with Crippen molar-refractivity contribution in [2.45, 2.75) is 25.6 Å². The van der Waals surface area contributed by atoms with Gasteiger partial charge in [0.25, 0.3) is 0 Å². The minimum Gasteiger partial charge on any atom is -0.328 e. The molecule has 1 amide bonds. The van der Waals surface area contributed by atoms with E-state index in [2.05, 4.69) is 0 Å². The van der Waals surface area contributed by atoms with Crippen LogP contribution in [0.2, 0.25) is 0 Å². The number of carbonyl (C=O) groups is 1. The van der Waals surface area contributed by atoms with Gasteiger partial charge in [-0.2, -0.15) is 0 Å². The molecule has 1 fully saturated rings. The van der Waals surface area contributed by atoms with E-state index in [1.807, 2.05) is 31.2 Å². The molecule has 0 radical (unpaired) electrons. The first-order valence-electron chi connectivity index (χ1n) is 6.93. The number of nitrogens with two attached hydrogens (primary N) is 1. The number of rotatable bonds is 3. The maximum atomic E-state index is 12.9. The second-order valence-electron chi connectivity index (χ2n) is 5.47. The van der Waals surface area contributed by atoms with Crippen LogP contribution in [0.1, 0.15) is 22.7 Å². The summed E-state index contributed by atoms with van der Waals surface area (Å²) in [7, 11) is 0. The zero-order valence-corrected chi connectivity index (χ0v) is 11.8. The second-order valence-corrected chi connectivity index (χ2v) is 5.47. The summed E-state index contributed by atoms with van der Waals surface area (Å²) in [6.07, 6.45) is 0. The highest BCUT2D eigenvalue weighted by Gasteiger charge is 2.45. The molecule has 2 aromatic rings. The van der Waals surface area contributed by atoms with E-state index in [1.54, 1.807) is 17.0 Å². The van der Waals surface area contributed by atoms with Gasteiger partial charge in [0.2, 0.25) is 5.91 Å². The normalized spacial score (nSPS) is 21.3. The lowest BCUT2D eigenvalue weighted by Crippen LogP contribution is -2.62. The maximum Gasteiger partial charge on any atom is 0.242 e. The van der Waals surface area contributed by atoms with Crippen molar-refractivity contribution < 1.29 is 9.18 Å². The molecule has 3 rings (SSSR count). The van der Waals surface area contributed by atoms with Crippen molar-refractivity contribution in [2.75, 3.05) is 0 Å². The van der Waals surface area contributed by atoms with Crippen molar-refractivity contribution >= 4 is 5.91 Å². The number of aryl methyl sites for hydroxylation is 1. The Morgan fingerprint density at radius 1 is 1.10 bits per heavy atom. The number of benzene rings is 2. The molecule has 0 bridgehead atoms. The molecule has 1 aliphatic rings. The maximum absolute atomic E-state index is 12.9. The van der Waals surface area contributed by atoms with E-state index < -0.39 is 6.04 Å². The number of nitrogens with zero attached hydrogens (tertiary/aromatic N) is 1. The number of carbonyl (C=O) groups excluding carboxylic acids is 1. The predicted molar refractivity (Wildman–Crippen MR) is 78.8 cm³/mol. The van der Waals surface area contributed by atoms with Crippen molar-refractivity contribution in [3.63, 3.8) is 0 Å². The topological polar surface area (TPSA) is 46.3 Å². The van der Waals surface area contributed by atoms with Gasteiger partial charge in [0, 0.05) is 6.54 Å². The highest BCUT2D eigenvalue weighted by molar-refractivity contribution is 5.89. The molecule has 0 aromatic heterocycles. The van der Waals surface area contributed by atoms with Gasteiger partial charge in [0.15, 0.2) is 0 Å². The van der Waals surface area contributed by atoms with Crippen LogP contribution in [0, 0.1) is 12.7 Å². The molecule has 3 nitrogen and oxygen atoms in total. The minimum absolute atomic E-state index is 0.0649. The lowest BCUT2D eigenvalue weighted by molar-refractivity contribution is -0.150. The fourth-order valence-electron chi connectivity index (χ4n) is 2.69. The largest absolute Gasteiger partial charge is 0.328 e. The van der Waals surface area contributed by atoms with Crippen LogP contribution in [0.4, 0.5) is 4.39 Å². The molecule has 1 aliphatic heterocycles. The van der Waals surface area contributed by atoms with Gasteiger partial charge in [-0.25, -0.2) is 4.39 Å². The van der Waals surface area contributed by atoms with E-state index in [4.69, 9.17) is 5.73 Å². The third-order valence-electron chi connectivity index (χ3n) is 3.93. The van der Waals surface area contributed by atoms with Gasteiger partial charge in [-0.3, -0.25) is 4.79 Å². The van der Waals surface area contributed by atoms with Crippen LogP contribution in [0.3, 0.4) is 0 Å². The van der Waals surface area contributed by atoms with Gasteiger partial charge >= 0.3 is 0 Å². The average molecular weight is 284 g/mol. The van der Waals surface area contributed by atoms with Crippen LogP contribution in [-0.4, -0.2) is 16.8 Å². The van der Waals surface area contributed by atoms with E-state index in [0.29, 0.717) is 6.54 Å². The van der Waals surface area contributed by atoms with Gasteiger partial charge in [-0.1, -0.05) is 42.0 Å². The van der Waals surface area contributed by atoms with E-state index >= 15 is 0 Å². The molecule has 0 unspecified atom stereocenters. The van der Waals surface area contributed by atoms with Gasteiger partial charge in [-0.05, 0) is 30.2 Å². The Labute approximate surface area is 123 Å². The van der Waals surface area contributed by atoms with Crippen LogP contribution in [0.5, 0.6) is 0 Å². The smallest absolute Gasteiger partial charge is 0.242 e. The van der Waals surface area contributed by atoms with Crippen molar-refractivity contribution in [3.8, 4) is 0 Å². The Balaban J connectivity index is 1.81. The monoisotopic (exact) mass is 284 g/mol. The summed E-state index contributed by atoms with van der Waals surface area (Å²) < 4.78 is 12.9. The highest BCUT2D eigenvalue weighted by atomic mass is 19.1. The summed E-state index contributed by atoms with van der Waals surface area (Å²) in [6.45, 7) is 2.47. The molecule has 2 atom stereocenters. The predicted octanol–water partition coefficient (Wildman–Crippen LogP) is 2.54. The molecule has 2 aromatic carbocycles. The van der Waals surface area contributed by atoms with Crippen LogP contribution in [-0.2, 0) is 11.3 Å². The van der Waals surface area contributed by atoms with Crippen molar-refractivity contribution in [1.82, 2.24) is 4.90 Å². The third kappa shape index (κ3) is 2.54. The minimum atomic E-state index is -0.492. The summed E-state index contributed by atoms with van der Waals surface area (Å²) in [5, 5.41) is 0. The summed E-state index contributed by atoms with van der Waals surface area (Å²) in [5.41, 5.74) is 9.06. The van der Waals surface area contributed by atoms with Crippen LogP contribution >= 0.6 is 0 Å². The number of amides is 1. The Morgan fingerprint density at radius 2 is 1.71 bits per heavy atom. The summed E-state index contributed by atoms with van der Waals surface area (Å²) in [6, 6.07) is 13.6. The Bertz CT molecular complexity index is 651. The molecule has 0 spiro atoms. The zero-order chi connectivity index (χ0) is 15.0. The fraction of sp³-hybridized carbons (Fsp3) is 0.235. The summed E-state index contributed by atoms with van der Waals surface area (Å²) in [4.78, 5) is 13.7. The van der Waals surface area contributed by atoms with Gasteiger partial charge in [-0.15, -0.1) is 0 Å². The molecule has 21 heavy (non-hydrogen) atoms. The molecular formula is C17H17FN2O. The van der Waals surface area contributed by atoms with E-state index in [9.17, 15) is 9.18 Å². The lowest BCUT2D eigenvalue weighted by Gasteiger charge is -2.45. The molecule has 0 saturated carbocycles. The fourth-order valence-corrected chi connectivity index (χ4v) is 2.69. The molecule has 4 heteroatoms. The van der Waals surface area contributed by atoms with Crippen LogP contribution in [0.15, 0.2) is 48.5 Å². The molecular weight excluding hydrogens is 267 g/mol. The number of β-lactam (4-membered cyclic amide) rings is 1. The van der Waals surface area contributed by atoms with Gasteiger partial charge in [0.1, 0.15) is 11.9 Å². The van der Waals surface area contributed by atoms with E-state index in [0.717, 1.165) is 11.1 Å². The van der Waals surface area contributed by atoms with Gasteiger partial charge in [0.05, 0.1) is 6.04 Å². The van der Waals surface area contributed by atoms with Crippen LogP contribution < -0.4 is 5.73 Å². The van der Waals surface area contributed by atoms with Crippen LogP contribution in [0.25, 0.3) is 0 Å². The third-order valence-corrected chi connectivity index (χ3v) is 3.93. The first-order valence-corrected chi connectivity index (χ1v) is 6.93. The lowest BCUT2D eigenvalue weighted by atomic mass is 9.88. The number of halogens is 1. The Hall–Kier alpha value is -2.20. The quantitative estimate of drug-likeness (QED) is 0.880. The summed E-state index contributed by atoms with van der Waals surface area (Å²) in [5.74, 6) is -0.342. The standard InChI is InChI=1S/C17H17FN2O/c1-11-2-6-13(7-3-11)16-15(19)17(21)20(16)10-12-4-8-14(18)9-5-12/h2-9,15-16H,10,19H2,1H3/t15-,16+/m1/s1. The SMILES string of the molecule is Cc1ccc([C@H]2[C@@H](N)C(=O)N2Cc2ccc(F)cc2)cc1. The number of hydrogen-bond donors (Lipinski definition) is 1. The first kappa shape index (κ1) is 13.8. The van der Waals surface area contributed by atoms with E-state index in [-0.39, 0.29) is 17.8 Å². The van der Waals surface area contributed by atoms with Crippen molar-refractivity contribution in [2.24, 2.45) is 5.73 Å². The molecule has 1 heterocycles. The Kier molecular flexibility index (Phi) is 3.47. The van der Waals surface area contributed by atoms with Crippen molar-refractivity contribution in [1.29, 1.82) is 0 Å². The molecule has 1 saturated heterocycles. The van der Waals surface area contributed by atoms with E-state index in [1.165, 1.54) is 17.7 Å². The first-order chi connectivity index (χ1) is 10.1. The summed E-state index contributed by atoms with van der Waals surface area (Å²) >= 11 is 0. The molecule has 2 N–H and O–H groups in total.